The maximum absolute atomic E-state index is 10.6. The molecule has 0 bridgehead atoms. The molecule has 0 aliphatic rings. The molecular weight excluding hydrogens is 184 g/mol. The molecule has 0 aliphatic heterocycles. The summed E-state index contributed by atoms with van der Waals surface area (Å²) in [4.78, 5) is 10.0. The van der Waals surface area contributed by atoms with Gasteiger partial charge in [-0.15, -0.1) is 0 Å². The molecule has 14 heavy (non-hydrogen) atoms. The monoisotopic (exact) mass is 192 g/mol. The molecular formula is C9H8N2O3. The van der Waals surface area contributed by atoms with E-state index in [1.807, 2.05) is 6.07 Å². The number of hydrogen-bond acceptors (Lipinski definition) is 4. The average molecular weight is 192 g/mol. The average Bonchev–Trinajstić information content (AvgIpc) is 2.18. The van der Waals surface area contributed by atoms with Crippen LogP contribution in [0.1, 0.15) is 12.5 Å². The SMILES string of the molecule is CCOc1ccc(C#N)cc1[N+](=O)[O-]. The fourth-order valence-electron chi connectivity index (χ4n) is 1.01. The van der Waals surface area contributed by atoms with Crippen LogP contribution < -0.4 is 4.74 Å². The van der Waals surface area contributed by atoms with E-state index in [-0.39, 0.29) is 17.0 Å². The van der Waals surface area contributed by atoms with Crippen molar-refractivity contribution < 1.29 is 9.66 Å². The van der Waals surface area contributed by atoms with Crippen molar-refractivity contribution in [1.29, 1.82) is 5.26 Å². The summed E-state index contributed by atoms with van der Waals surface area (Å²) in [5, 5.41) is 19.1. The van der Waals surface area contributed by atoms with Crippen LogP contribution in [0, 0.1) is 21.4 Å². The largest absolute Gasteiger partial charge is 0.487 e. The van der Waals surface area contributed by atoms with Gasteiger partial charge in [-0.25, -0.2) is 0 Å². The molecule has 0 aromatic heterocycles. The standard InChI is InChI=1S/C9H8N2O3/c1-2-14-9-4-3-7(6-10)5-8(9)11(12)13/h3-5H,2H2,1H3. The highest BCUT2D eigenvalue weighted by atomic mass is 16.6. The molecule has 1 aromatic carbocycles. The molecule has 1 rings (SSSR count). The molecule has 0 unspecified atom stereocenters. The first-order chi connectivity index (χ1) is 6.69. The number of ether oxygens (including phenoxy) is 1. The molecule has 0 N–H and O–H groups in total. The first-order valence-electron chi connectivity index (χ1n) is 4.00. The lowest BCUT2D eigenvalue weighted by atomic mass is 10.2. The minimum absolute atomic E-state index is 0.175. The highest BCUT2D eigenvalue weighted by Crippen LogP contribution is 2.27. The normalized spacial score (nSPS) is 9.14. The molecule has 0 saturated heterocycles. The first-order valence-corrected chi connectivity index (χ1v) is 4.00. The number of hydrogen-bond donors (Lipinski definition) is 0. The zero-order chi connectivity index (χ0) is 10.6. The van der Waals surface area contributed by atoms with Gasteiger partial charge in [0.25, 0.3) is 0 Å². The summed E-state index contributed by atoms with van der Waals surface area (Å²) in [6.07, 6.45) is 0. The van der Waals surface area contributed by atoms with Crippen LogP contribution in [-0.4, -0.2) is 11.5 Å². The molecule has 0 saturated carbocycles. The van der Waals surface area contributed by atoms with Gasteiger partial charge >= 0.3 is 5.69 Å². The van der Waals surface area contributed by atoms with Crippen LogP contribution in [0.15, 0.2) is 18.2 Å². The Morgan fingerprint density at radius 3 is 2.86 bits per heavy atom. The van der Waals surface area contributed by atoms with Gasteiger partial charge in [0.15, 0.2) is 5.75 Å². The van der Waals surface area contributed by atoms with Crippen LogP contribution in [0.25, 0.3) is 0 Å². The third-order valence-electron chi connectivity index (χ3n) is 1.58. The van der Waals surface area contributed by atoms with Crippen LogP contribution in [0.5, 0.6) is 5.75 Å². The lowest BCUT2D eigenvalue weighted by molar-refractivity contribution is -0.385. The van der Waals surface area contributed by atoms with E-state index in [0.717, 1.165) is 0 Å². The fourth-order valence-corrected chi connectivity index (χ4v) is 1.01. The van der Waals surface area contributed by atoms with Crippen molar-refractivity contribution in [2.45, 2.75) is 6.92 Å². The summed E-state index contributed by atoms with van der Waals surface area (Å²) in [6, 6.07) is 5.95. The van der Waals surface area contributed by atoms with E-state index in [2.05, 4.69) is 0 Å². The molecule has 5 nitrogen and oxygen atoms in total. The molecule has 0 spiro atoms. The second-order valence-electron chi connectivity index (χ2n) is 2.48. The Morgan fingerprint density at radius 2 is 2.36 bits per heavy atom. The molecule has 5 heteroatoms. The molecule has 0 heterocycles. The maximum atomic E-state index is 10.6. The van der Waals surface area contributed by atoms with Crippen molar-refractivity contribution in [3.63, 3.8) is 0 Å². The van der Waals surface area contributed by atoms with Crippen LogP contribution in [0.4, 0.5) is 5.69 Å². The highest BCUT2D eigenvalue weighted by molar-refractivity contribution is 5.51. The fraction of sp³-hybridized carbons (Fsp3) is 0.222. The molecule has 1 aromatic rings. The van der Waals surface area contributed by atoms with E-state index in [9.17, 15) is 10.1 Å². The Bertz CT molecular complexity index is 396. The van der Waals surface area contributed by atoms with Gasteiger partial charge in [0.1, 0.15) is 0 Å². The predicted molar refractivity (Wildman–Crippen MR) is 49.0 cm³/mol. The van der Waals surface area contributed by atoms with Crippen LogP contribution in [0.3, 0.4) is 0 Å². The minimum atomic E-state index is -0.564. The zero-order valence-electron chi connectivity index (χ0n) is 7.56. The lowest BCUT2D eigenvalue weighted by Crippen LogP contribution is -1.97. The van der Waals surface area contributed by atoms with Crippen molar-refractivity contribution in [2.24, 2.45) is 0 Å². The van der Waals surface area contributed by atoms with E-state index in [1.54, 1.807) is 6.92 Å². The van der Waals surface area contributed by atoms with Gasteiger partial charge in [-0.3, -0.25) is 10.1 Å². The summed E-state index contributed by atoms with van der Waals surface area (Å²) in [5.74, 6) is 0.191. The van der Waals surface area contributed by atoms with Crippen LogP contribution >= 0.6 is 0 Å². The van der Waals surface area contributed by atoms with E-state index < -0.39 is 4.92 Å². The van der Waals surface area contributed by atoms with Gasteiger partial charge in [-0.1, -0.05) is 0 Å². The summed E-state index contributed by atoms with van der Waals surface area (Å²) >= 11 is 0. The summed E-state index contributed by atoms with van der Waals surface area (Å²) in [7, 11) is 0. The van der Waals surface area contributed by atoms with Gasteiger partial charge in [-0.2, -0.15) is 5.26 Å². The van der Waals surface area contributed by atoms with Gasteiger partial charge in [0, 0.05) is 6.07 Å². The minimum Gasteiger partial charge on any atom is -0.487 e. The maximum Gasteiger partial charge on any atom is 0.312 e. The first kappa shape index (κ1) is 9.99. The molecule has 0 radical (unpaired) electrons. The van der Waals surface area contributed by atoms with Crippen molar-refractivity contribution in [2.75, 3.05) is 6.61 Å². The van der Waals surface area contributed by atoms with Gasteiger partial charge in [0.05, 0.1) is 23.2 Å². The van der Waals surface area contributed by atoms with E-state index in [0.29, 0.717) is 6.61 Å². The number of nitro benzene ring substituents is 1. The van der Waals surface area contributed by atoms with Crippen molar-refractivity contribution in [1.82, 2.24) is 0 Å². The summed E-state index contributed by atoms with van der Waals surface area (Å²) in [5.41, 5.74) is 0.0750. The Morgan fingerprint density at radius 1 is 1.64 bits per heavy atom. The van der Waals surface area contributed by atoms with Gasteiger partial charge in [0.2, 0.25) is 0 Å². The number of nitrogens with zero attached hydrogens (tertiary/aromatic N) is 2. The Hall–Kier alpha value is -2.09. The summed E-state index contributed by atoms with van der Waals surface area (Å²) in [6.45, 7) is 2.09. The van der Waals surface area contributed by atoms with E-state index >= 15 is 0 Å². The van der Waals surface area contributed by atoms with E-state index in [1.165, 1.54) is 18.2 Å². The summed E-state index contributed by atoms with van der Waals surface area (Å²) < 4.78 is 5.05. The van der Waals surface area contributed by atoms with Crippen molar-refractivity contribution in [3.05, 3.63) is 33.9 Å². The lowest BCUT2D eigenvalue weighted by Gasteiger charge is -2.03. The predicted octanol–water partition coefficient (Wildman–Crippen LogP) is 1.87. The van der Waals surface area contributed by atoms with Crippen molar-refractivity contribution in [3.8, 4) is 11.8 Å². The second kappa shape index (κ2) is 4.23. The molecule has 0 fully saturated rings. The molecule has 0 amide bonds. The molecule has 0 aliphatic carbocycles. The number of rotatable bonds is 3. The smallest absolute Gasteiger partial charge is 0.312 e. The van der Waals surface area contributed by atoms with Gasteiger partial charge < -0.3 is 4.74 Å². The Balaban J connectivity index is 3.18. The third kappa shape index (κ3) is 1.98. The molecule has 72 valence electrons. The number of benzene rings is 1. The number of nitro groups is 1. The zero-order valence-corrected chi connectivity index (χ0v) is 7.56. The van der Waals surface area contributed by atoms with Crippen molar-refractivity contribution >= 4 is 5.69 Å². The Labute approximate surface area is 80.7 Å². The van der Waals surface area contributed by atoms with Crippen LogP contribution in [-0.2, 0) is 0 Å². The quantitative estimate of drug-likeness (QED) is 0.541. The van der Waals surface area contributed by atoms with E-state index in [4.69, 9.17) is 10.00 Å². The van der Waals surface area contributed by atoms with Gasteiger partial charge in [-0.05, 0) is 19.1 Å². The number of nitriles is 1. The third-order valence-corrected chi connectivity index (χ3v) is 1.58. The van der Waals surface area contributed by atoms with Crippen LogP contribution in [0.2, 0.25) is 0 Å². The second-order valence-corrected chi connectivity index (χ2v) is 2.48. The highest BCUT2D eigenvalue weighted by Gasteiger charge is 2.15. The Kier molecular flexibility index (Phi) is 3.02. The topological polar surface area (TPSA) is 76.2 Å². The molecule has 0 atom stereocenters.